The molecular weight excluding hydrogens is 507 g/mol. The first-order chi connectivity index (χ1) is 11.3. The second kappa shape index (κ2) is 7.63. The van der Waals surface area contributed by atoms with Crippen LogP contribution in [0.1, 0.15) is 5.56 Å². The topological polar surface area (TPSA) is 49.9 Å². The molecule has 0 saturated carbocycles. The van der Waals surface area contributed by atoms with E-state index in [0.29, 0.717) is 15.8 Å². The molecule has 0 radical (unpaired) electrons. The largest absolute Gasteiger partial charge is 0.479 e. The minimum atomic E-state index is -0.429. The van der Waals surface area contributed by atoms with Crippen LogP contribution in [0.4, 0.5) is 0 Å². The third-order valence-corrected chi connectivity index (χ3v) is 5.21. The molecule has 2 rings (SSSR count). The first-order valence-corrected chi connectivity index (χ1v) is 8.93. The van der Waals surface area contributed by atoms with Gasteiger partial charge in [0.1, 0.15) is 17.9 Å². The summed E-state index contributed by atoms with van der Waals surface area (Å²) in [5, 5.41) is 0.177. The first-order valence-electron chi connectivity index (χ1n) is 6.65. The Morgan fingerprint density at radius 3 is 2.42 bits per heavy atom. The molecule has 0 N–H and O–H groups in total. The number of hydrogen-bond acceptors (Lipinski definition) is 4. The number of benzene rings is 1. The Balaban J connectivity index is 2.44. The maximum Gasteiger partial charge on any atom is 0.265 e. The molecule has 0 atom stereocenters. The normalized spacial score (nSPS) is 14.8. The SMILES string of the molecule is C#CCOc1c(Br)cc(C=C2C(=O)N(C)C(=S)N(C)C2=O)cc1I. The van der Waals surface area contributed by atoms with Gasteiger partial charge in [0, 0.05) is 14.1 Å². The van der Waals surface area contributed by atoms with Gasteiger partial charge in [-0.1, -0.05) is 5.92 Å². The highest BCUT2D eigenvalue weighted by atomic mass is 127. The van der Waals surface area contributed by atoms with E-state index < -0.39 is 11.8 Å². The van der Waals surface area contributed by atoms with Gasteiger partial charge in [0.15, 0.2) is 5.11 Å². The third-order valence-electron chi connectivity index (χ3n) is 3.28. The number of amides is 2. The van der Waals surface area contributed by atoms with E-state index in [4.69, 9.17) is 23.4 Å². The van der Waals surface area contributed by atoms with E-state index in [2.05, 4.69) is 44.4 Å². The zero-order chi connectivity index (χ0) is 18.0. The van der Waals surface area contributed by atoms with Crippen molar-refractivity contribution in [3.05, 3.63) is 31.3 Å². The van der Waals surface area contributed by atoms with Crippen molar-refractivity contribution in [2.24, 2.45) is 0 Å². The first kappa shape index (κ1) is 18.9. The smallest absolute Gasteiger partial charge is 0.265 e. The molecule has 8 heteroatoms. The monoisotopic (exact) mass is 518 g/mol. The van der Waals surface area contributed by atoms with Gasteiger partial charge in [-0.2, -0.15) is 0 Å². The van der Waals surface area contributed by atoms with Crippen LogP contribution in [0.3, 0.4) is 0 Å². The maximum absolute atomic E-state index is 12.3. The summed E-state index contributed by atoms with van der Waals surface area (Å²) in [5.74, 6) is 2.17. The summed E-state index contributed by atoms with van der Waals surface area (Å²) >= 11 is 10.6. The Morgan fingerprint density at radius 1 is 1.33 bits per heavy atom. The van der Waals surface area contributed by atoms with Gasteiger partial charge < -0.3 is 4.74 Å². The van der Waals surface area contributed by atoms with Crippen molar-refractivity contribution in [1.29, 1.82) is 0 Å². The van der Waals surface area contributed by atoms with E-state index in [-0.39, 0.29) is 17.3 Å². The second-order valence-electron chi connectivity index (χ2n) is 4.88. The van der Waals surface area contributed by atoms with E-state index in [1.165, 1.54) is 30.0 Å². The van der Waals surface area contributed by atoms with Crippen LogP contribution < -0.4 is 4.74 Å². The molecule has 1 fully saturated rings. The highest BCUT2D eigenvalue weighted by molar-refractivity contribution is 14.1. The molecule has 1 saturated heterocycles. The van der Waals surface area contributed by atoms with Gasteiger partial charge in [0.05, 0.1) is 8.04 Å². The predicted octanol–water partition coefficient (Wildman–Crippen LogP) is 2.66. The molecular formula is C16H12BrIN2O3S. The van der Waals surface area contributed by atoms with E-state index in [0.717, 1.165) is 3.57 Å². The van der Waals surface area contributed by atoms with Gasteiger partial charge in [-0.3, -0.25) is 19.4 Å². The number of carbonyl (C=O) groups is 2. The fraction of sp³-hybridized carbons (Fsp3) is 0.188. The molecule has 0 aromatic heterocycles. The van der Waals surface area contributed by atoms with E-state index in [1.54, 1.807) is 12.1 Å². The van der Waals surface area contributed by atoms with E-state index in [9.17, 15) is 9.59 Å². The summed E-state index contributed by atoms with van der Waals surface area (Å²) in [6.45, 7) is 0.152. The van der Waals surface area contributed by atoms with Crippen LogP contribution in [-0.4, -0.2) is 47.4 Å². The highest BCUT2D eigenvalue weighted by Gasteiger charge is 2.35. The van der Waals surface area contributed by atoms with Gasteiger partial charge in [0.2, 0.25) is 0 Å². The van der Waals surface area contributed by atoms with Gasteiger partial charge in [-0.05, 0) is 74.5 Å². The second-order valence-corrected chi connectivity index (χ2v) is 7.26. The Morgan fingerprint density at radius 2 is 1.92 bits per heavy atom. The lowest BCUT2D eigenvalue weighted by Crippen LogP contribution is -2.52. The van der Waals surface area contributed by atoms with E-state index in [1.807, 2.05) is 0 Å². The number of nitrogens with zero attached hydrogens (tertiary/aromatic N) is 2. The van der Waals surface area contributed by atoms with Crippen LogP contribution in [-0.2, 0) is 9.59 Å². The fourth-order valence-corrected chi connectivity index (χ4v) is 3.99. The minimum absolute atomic E-state index is 0.0496. The molecule has 1 aromatic rings. The summed E-state index contributed by atoms with van der Waals surface area (Å²) in [4.78, 5) is 27.2. The molecule has 124 valence electrons. The average Bonchev–Trinajstić information content (AvgIpc) is 2.54. The van der Waals surface area contributed by atoms with Crippen molar-refractivity contribution in [3.63, 3.8) is 0 Å². The standard InChI is InChI=1S/C16H12BrIN2O3S/c1-4-5-23-13-11(17)7-9(8-12(13)18)6-10-14(21)19(2)16(24)20(3)15(10)22/h1,6-8H,5H2,2-3H3. The third kappa shape index (κ3) is 3.63. The molecule has 0 bridgehead atoms. The number of likely N-dealkylation sites (N-methyl/N-ethyl adjacent to an activating group) is 2. The Bertz CT molecular complexity index is 767. The molecule has 1 heterocycles. The van der Waals surface area contributed by atoms with Crippen molar-refractivity contribution < 1.29 is 14.3 Å². The van der Waals surface area contributed by atoms with Gasteiger partial charge in [-0.25, -0.2) is 0 Å². The lowest BCUT2D eigenvalue weighted by atomic mass is 10.1. The zero-order valence-corrected chi connectivity index (χ0v) is 17.4. The molecule has 1 aromatic carbocycles. The average molecular weight is 519 g/mol. The quantitative estimate of drug-likeness (QED) is 0.203. The number of carbonyl (C=O) groups excluding carboxylic acids is 2. The number of thiocarbonyl (C=S) groups is 1. The fourth-order valence-electron chi connectivity index (χ4n) is 2.06. The lowest BCUT2D eigenvalue weighted by molar-refractivity contribution is -0.132. The molecule has 2 amide bonds. The van der Waals surface area contributed by atoms with Gasteiger partial charge in [0.25, 0.3) is 11.8 Å². The maximum atomic E-state index is 12.3. The van der Waals surface area contributed by atoms with Crippen LogP contribution >= 0.6 is 50.7 Å². The number of rotatable bonds is 3. The number of hydrogen-bond donors (Lipinski definition) is 0. The summed E-state index contributed by atoms with van der Waals surface area (Å²) < 4.78 is 6.96. The Labute approximate surface area is 167 Å². The van der Waals surface area contributed by atoms with Crippen LogP contribution in [0.5, 0.6) is 5.75 Å². The number of terminal acetylenes is 1. The molecule has 0 spiro atoms. The summed E-state index contributed by atoms with van der Waals surface area (Å²) in [7, 11) is 3.08. The number of ether oxygens (including phenoxy) is 1. The van der Waals surface area contributed by atoms with Crippen LogP contribution in [0.25, 0.3) is 6.08 Å². The van der Waals surface area contributed by atoms with Crippen molar-refractivity contribution in [2.45, 2.75) is 0 Å². The van der Waals surface area contributed by atoms with Crippen molar-refractivity contribution in [3.8, 4) is 18.1 Å². The van der Waals surface area contributed by atoms with E-state index >= 15 is 0 Å². The minimum Gasteiger partial charge on any atom is -0.479 e. The molecule has 1 aliphatic rings. The zero-order valence-electron chi connectivity index (χ0n) is 12.8. The summed E-state index contributed by atoms with van der Waals surface area (Å²) in [6, 6.07) is 3.56. The lowest BCUT2D eigenvalue weighted by Gasteiger charge is -2.31. The highest BCUT2D eigenvalue weighted by Crippen LogP contribution is 2.33. The van der Waals surface area contributed by atoms with Crippen LogP contribution in [0.2, 0.25) is 0 Å². The Hall–Kier alpha value is -1.44. The van der Waals surface area contributed by atoms with Gasteiger partial charge in [-0.15, -0.1) is 6.42 Å². The van der Waals surface area contributed by atoms with Crippen molar-refractivity contribution >= 4 is 73.7 Å². The molecule has 24 heavy (non-hydrogen) atoms. The van der Waals surface area contributed by atoms with Crippen LogP contribution in [0, 0.1) is 15.9 Å². The summed E-state index contributed by atoms with van der Waals surface area (Å²) in [6.07, 6.45) is 6.74. The predicted molar refractivity (Wildman–Crippen MR) is 107 cm³/mol. The molecule has 0 aliphatic carbocycles. The van der Waals surface area contributed by atoms with Crippen LogP contribution in [0.15, 0.2) is 22.2 Å². The van der Waals surface area contributed by atoms with Crippen molar-refractivity contribution in [1.82, 2.24) is 9.80 Å². The molecule has 0 unspecified atom stereocenters. The van der Waals surface area contributed by atoms with Crippen molar-refractivity contribution in [2.75, 3.05) is 20.7 Å². The summed E-state index contributed by atoms with van der Waals surface area (Å²) in [5.41, 5.74) is 0.735. The Kier molecular flexibility index (Phi) is 6.01. The molecule has 5 nitrogen and oxygen atoms in total. The number of halogens is 2. The van der Waals surface area contributed by atoms with Gasteiger partial charge >= 0.3 is 0 Å². The molecule has 1 aliphatic heterocycles.